The minimum Gasteiger partial charge on any atom is -0.360 e. The van der Waals surface area contributed by atoms with Gasteiger partial charge in [0.1, 0.15) is 6.04 Å². The third-order valence-corrected chi connectivity index (χ3v) is 6.31. The third-order valence-electron chi connectivity index (χ3n) is 6.31. The van der Waals surface area contributed by atoms with Gasteiger partial charge in [-0.05, 0) is 44.7 Å². The number of piperazine rings is 1. The number of hydrogen-bond acceptors (Lipinski definition) is 3. The number of benzene rings is 1. The van der Waals surface area contributed by atoms with Crippen LogP contribution in [0.25, 0.3) is 0 Å². The van der Waals surface area contributed by atoms with E-state index in [0.717, 1.165) is 65.0 Å². The van der Waals surface area contributed by atoms with Crippen molar-refractivity contribution in [3.05, 3.63) is 29.8 Å². The van der Waals surface area contributed by atoms with Crippen molar-refractivity contribution in [2.24, 2.45) is 0 Å². The molecule has 0 aliphatic carbocycles. The molecule has 0 radical (unpaired) electrons. The lowest BCUT2D eigenvalue weighted by atomic mass is 10.2. The number of carbonyl (C=O) groups excluding carboxylic acids is 2. The number of fused-ring (bicyclic) bond motifs is 1. The van der Waals surface area contributed by atoms with E-state index in [1.54, 1.807) is 9.80 Å². The molecule has 0 aromatic heterocycles. The molecule has 1 atom stereocenters. The van der Waals surface area contributed by atoms with Crippen LogP contribution in [-0.2, 0) is 4.79 Å². The molecule has 4 rings (SSSR count). The number of urea groups is 1. The molecule has 27 heavy (non-hydrogen) atoms. The molecule has 0 bridgehead atoms. The molecular formula is C21H31N4O2+. The summed E-state index contributed by atoms with van der Waals surface area (Å²) >= 11 is 0. The van der Waals surface area contributed by atoms with Crippen LogP contribution in [0.1, 0.15) is 31.2 Å². The molecule has 1 N–H and O–H groups in total. The van der Waals surface area contributed by atoms with Gasteiger partial charge in [-0.15, -0.1) is 0 Å². The molecular weight excluding hydrogens is 340 g/mol. The Bertz CT molecular complexity index is 660. The maximum Gasteiger partial charge on any atom is 0.327 e. The van der Waals surface area contributed by atoms with E-state index in [1.807, 2.05) is 0 Å². The summed E-state index contributed by atoms with van der Waals surface area (Å²) in [4.78, 5) is 32.0. The molecule has 3 heterocycles. The summed E-state index contributed by atoms with van der Waals surface area (Å²) in [7, 11) is 0. The number of nitrogens with one attached hydrogen (secondary N) is 1. The Morgan fingerprint density at radius 2 is 1.78 bits per heavy atom. The van der Waals surface area contributed by atoms with Crippen LogP contribution in [0.3, 0.4) is 0 Å². The van der Waals surface area contributed by atoms with Crippen LogP contribution in [0.15, 0.2) is 24.3 Å². The lowest BCUT2D eigenvalue weighted by Crippen LogP contribution is -3.14. The largest absolute Gasteiger partial charge is 0.360 e. The first-order valence-electron chi connectivity index (χ1n) is 10.4. The zero-order valence-corrected chi connectivity index (χ0v) is 16.3. The number of amides is 3. The van der Waals surface area contributed by atoms with E-state index >= 15 is 0 Å². The highest BCUT2D eigenvalue weighted by Gasteiger charge is 2.46. The number of imide groups is 1. The van der Waals surface area contributed by atoms with Gasteiger partial charge in [-0.3, -0.25) is 9.69 Å². The fraction of sp³-hybridized carbons (Fsp3) is 0.619. The second-order valence-electron chi connectivity index (χ2n) is 8.15. The number of rotatable bonds is 6. The molecule has 1 aromatic rings. The third kappa shape index (κ3) is 3.81. The smallest absolute Gasteiger partial charge is 0.327 e. The topological polar surface area (TPSA) is 48.3 Å². The number of aryl methyl sites for hydroxylation is 1. The number of carbonyl (C=O) groups is 2. The number of anilines is 1. The van der Waals surface area contributed by atoms with Crippen molar-refractivity contribution < 1.29 is 14.5 Å². The van der Waals surface area contributed by atoms with Crippen molar-refractivity contribution >= 4 is 17.6 Å². The van der Waals surface area contributed by atoms with E-state index in [0.29, 0.717) is 6.54 Å². The van der Waals surface area contributed by atoms with E-state index in [4.69, 9.17) is 0 Å². The summed E-state index contributed by atoms with van der Waals surface area (Å²) in [6.45, 7) is 9.10. The standard InChI is InChI=1S/C21H30N4O2/c1-17-6-8-18(9-7-17)23-15-13-22(14-16-23)10-2-3-11-25-20(26)19-5-4-12-24(19)21(25)27/h6-9,19H,2-5,10-16H2,1H3/p+1/t19-/m1/s1. The average Bonchev–Trinajstić information content (AvgIpc) is 3.25. The molecule has 3 aliphatic heterocycles. The number of nitrogens with zero attached hydrogens (tertiary/aromatic N) is 3. The second-order valence-corrected chi connectivity index (χ2v) is 8.15. The summed E-state index contributed by atoms with van der Waals surface area (Å²) < 4.78 is 0. The minimum absolute atomic E-state index is 0.0385. The van der Waals surface area contributed by atoms with Crippen molar-refractivity contribution in [3.8, 4) is 0 Å². The molecule has 0 saturated carbocycles. The van der Waals surface area contributed by atoms with Crippen molar-refractivity contribution in [1.82, 2.24) is 9.80 Å². The van der Waals surface area contributed by atoms with Crippen molar-refractivity contribution in [1.29, 1.82) is 0 Å². The fourth-order valence-electron chi connectivity index (χ4n) is 4.62. The van der Waals surface area contributed by atoms with E-state index in [2.05, 4.69) is 36.1 Å². The molecule has 0 spiro atoms. The molecule has 6 nitrogen and oxygen atoms in total. The van der Waals surface area contributed by atoms with Gasteiger partial charge in [0.2, 0.25) is 0 Å². The Balaban J connectivity index is 1.16. The van der Waals surface area contributed by atoms with Gasteiger partial charge in [-0.1, -0.05) is 17.7 Å². The number of hydrogen-bond donors (Lipinski definition) is 1. The summed E-state index contributed by atoms with van der Waals surface area (Å²) in [5.41, 5.74) is 2.63. The van der Waals surface area contributed by atoms with Crippen molar-refractivity contribution in [2.75, 3.05) is 50.7 Å². The van der Waals surface area contributed by atoms with Crippen LogP contribution in [0, 0.1) is 6.92 Å². The Hall–Kier alpha value is -2.08. The fourth-order valence-corrected chi connectivity index (χ4v) is 4.62. The van der Waals surface area contributed by atoms with E-state index in [9.17, 15) is 9.59 Å². The van der Waals surface area contributed by atoms with Gasteiger partial charge in [0.15, 0.2) is 0 Å². The van der Waals surface area contributed by atoms with Crippen molar-refractivity contribution in [2.45, 2.75) is 38.6 Å². The van der Waals surface area contributed by atoms with Gasteiger partial charge in [-0.25, -0.2) is 4.79 Å². The highest BCUT2D eigenvalue weighted by Crippen LogP contribution is 2.27. The first-order valence-corrected chi connectivity index (χ1v) is 10.4. The summed E-state index contributed by atoms with van der Waals surface area (Å²) in [6, 6.07) is 8.59. The van der Waals surface area contributed by atoms with Crippen LogP contribution in [0.4, 0.5) is 10.5 Å². The highest BCUT2D eigenvalue weighted by atomic mass is 16.2. The second kappa shape index (κ2) is 7.89. The Kier molecular flexibility index (Phi) is 5.34. The Morgan fingerprint density at radius 1 is 1.04 bits per heavy atom. The number of quaternary nitrogens is 1. The van der Waals surface area contributed by atoms with Crippen LogP contribution < -0.4 is 9.80 Å². The van der Waals surface area contributed by atoms with Gasteiger partial charge in [0.25, 0.3) is 5.91 Å². The first kappa shape index (κ1) is 18.3. The molecule has 6 heteroatoms. The molecule has 0 unspecified atom stereocenters. The van der Waals surface area contributed by atoms with Gasteiger partial charge >= 0.3 is 6.03 Å². The lowest BCUT2D eigenvalue weighted by molar-refractivity contribution is -0.900. The van der Waals surface area contributed by atoms with Gasteiger partial charge < -0.3 is 14.7 Å². The predicted molar refractivity (Wildman–Crippen MR) is 105 cm³/mol. The normalized spacial score (nSPS) is 23.4. The van der Waals surface area contributed by atoms with Crippen LogP contribution in [0.5, 0.6) is 0 Å². The van der Waals surface area contributed by atoms with Gasteiger partial charge in [0, 0.05) is 18.8 Å². The zero-order chi connectivity index (χ0) is 18.8. The van der Waals surface area contributed by atoms with Crippen molar-refractivity contribution in [3.63, 3.8) is 0 Å². The molecule has 1 aromatic carbocycles. The molecule has 3 aliphatic rings. The molecule has 3 fully saturated rings. The Labute approximate surface area is 161 Å². The van der Waals surface area contributed by atoms with Crippen LogP contribution >= 0.6 is 0 Å². The van der Waals surface area contributed by atoms with E-state index in [-0.39, 0.29) is 18.0 Å². The molecule has 3 saturated heterocycles. The first-order chi connectivity index (χ1) is 13.1. The maximum absolute atomic E-state index is 12.3. The quantitative estimate of drug-likeness (QED) is 0.597. The summed E-state index contributed by atoms with van der Waals surface area (Å²) in [5, 5.41) is 0. The number of unbranched alkanes of at least 4 members (excludes halogenated alkanes) is 1. The van der Waals surface area contributed by atoms with Crippen LogP contribution in [0.2, 0.25) is 0 Å². The molecule has 3 amide bonds. The van der Waals surface area contributed by atoms with Crippen LogP contribution in [-0.4, -0.2) is 73.6 Å². The zero-order valence-electron chi connectivity index (χ0n) is 16.3. The lowest BCUT2D eigenvalue weighted by Gasteiger charge is -2.33. The monoisotopic (exact) mass is 371 g/mol. The predicted octanol–water partition coefficient (Wildman–Crippen LogP) is 0.907. The Morgan fingerprint density at radius 3 is 2.48 bits per heavy atom. The SMILES string of the molecule is Cc1ccc(N2CC[NH+](CCCCN3C(=O)[C@H]4CCCN4C3=O)CC2)cc1. The van der Waals surface area contributed by atoms with E-state index in [1.165, 1.54) is 16.2 Å². The van der Waals surface area contributed by atoms with Gasteiger partial charge in [0.05, 0.1) is 32.7 Å². The van der Waals surface area contributed by atoms with Gasteiger partial charge in [-0.2, -0.15) is 0 Å². The summed E-state index contributed by atoms with van der Waals surface area (Å²) in [6.07, 6.45) is 3.80. The summed E-state index contributed by atoms with van der Waals surface area (Å²) in [5.74, 6) is 0.0385. The molecule has 146 valence electrons. The minimum atomic E-state index is -0.155. The van der Waals surface area contributed by atoms with E-state index < -0.39 is 0 Å². The highest BCUT2D eigenvalue weighted by molar-refractivity contribution is 6.04. The maximum atomic E-state index is 12.3. The average molecular weight is 372 g/mol.